The molecule has 5 N–H and O–H groups in total. The number of H-pyrrole nitrogens is 1. The number of fused-ring (bicyclic) bond motifs is 1. The molecule has 0 bridgehead atoms. The molecular formula is C26H28N6O2. The van der Waals surface area contributed by atoms with Gasteiger partial charge in [0.15, 0.2) is 11.6 Å². The molecule has 0 aliphatic carbocycles. The lowest BCUT2D eigenvalue weighted by atomic mass is 9.94. The Labute approximate surface area is 198 Å². The van der Waals surface area contributed by atoms with Gasteiger partial charge in [0.1, 0.15) is 12.7 Å². The summed E-state index contributed by atoms with van der Waals surface area (Å²) in [7, 11) is 0. The van der Waals surface area contributed by atoms with Crippen molar-refractivity contribution in [3.63, 3.8) is 0 Å². The Morgan fingerprint density at radius 2 is 2.03 bits per heavy atom. The molecule has 3 atom stereocenters. The molecule has 0 amide bonds. The van der Waals surface area contributed by atoms with Gasteiger partial charge in [0, 0.05) is 17.0 Å². The highest BCUT2D eigenvalue weighted by molar-refractivity contribution is 5.85. The minimum absolute atomic E-state index is 0.0466. The zero-order valence-corrected chi connectivity index (χ0v) is 19.2. The fourth-order valence-corrected chi connectivity index (χ4v) is 4.28. The van der Waals surface area contributed by atoms with Crippen molar-refractivity contribution in [2.75, 3.05) is 12.3 Å². The zero-order chi connectivity index (χ0) is 23.7. The molecule has 3 aromatic heterocycles. The van der Waals surface area contributed by atoms with Crippen LogP contribution in [0.25, 0.3) is 22.2 Å². The number of hydrogen-bond acceptors (Lipinski definition) is 7. The average molecular weight is 457 g/mol. The van der Waals surface area contributed by atoms with Crippen molar-refractivity contribution in [1.82, 2.24) is 20.2 Å². The molecule has 8 heteroatoms. The standard InChI is InChI=1S/C26H28N6O2/c1-15-20-11-22(29-13-23(20)32-31-15)21-12-24(26(28)30-25(21)19-8-9-33-16(19)2)34-14-18(27)10-17-6-4-3-5-7-17/h3-9,11-13,16,18-19H,10,14,27H2,1-2H3,(H2,28,30)(H,31,32)/t16?,18-,19?/m0/s1. The quantitative estimate of drug-likeness (QED) is 0.385. The average Bonchev–Trinajstić information content (AvgIpc) is 3.43. The van der Waals surface area contributed by atoms with Crippen LogP contribution in [0.15, 0.2) is 61.0 Å². The number of aromatic amines is 1. The van der Waals surface area contributed by atoms with E-state index in [1.165, 1.54) is 0 Å². The van der Waals surface area contributed by atoms with Crippen molar-refractivity contribution >= 4 is 16.7 Å². The van der Waals surface area contributed by atoms with Crippen LogP contribution in [0.2, 0.25) is 0 Å². The van der Waals surface area contributed by atoms with Crippen molar-refractivity contribution < 1.29 is 9.47 Å². The molecule has 1 aliphatic heterocycles. The van der Waals surface area contributed by atoms with E-state index in [-0.39, 0.29) is 18.1 Å². The summed E-state index contributed by atoms with van der Waals surface area (Å²) in [5, 5.41) is 8.29. The third-order valence-electron chi connectivity index (χ3n) is 6.15. The Balaban J connectivity index is 1.48. The first-order valence-corrected chi connectivity index (χ1v) is 11.4. The van der Waals surface area contributed by atoms with E-state index >= 15 is 0 Å². The number of nitrogens with one attached hydrogen (secondary N) is 1. The number of benzene rings is 1. The SMILES string of the molecule is Cc1n[nH]c2cnc(-c3cc(OC[C@@H](N)Cc4ccccc4)c(N)nc3C3C=COC3C)cc12. The van der Waals surface area contributed by atoms with Crippen molar-refractivity contribution in [3.8, 4) is 17.0 Å². The van der Waals surface area contributed by atoms with E-state index in [2.05, 4.69) is 27.3 Å². The van der Waals surface area contributed by atoms with Crippen LogP contribution in [0.3, 0.4) is 0 Å². The molecule has 0 spiro atoms. The summed E-state index contributed by atoms with van der Waals surface area (Å²) >= 11 is 0. The summed E-state index contributed by atoms with van der Waals surface area (Å²) in [6.07, 6.45) is 6.13. The van der Waals surface area contributed by atoms with E-state index < -0.39 is 0 Å². The molecule has 0 saturated carbocycles. The molecule has 4 heterocycles. The summed E-state index contributed by atoms with van der Waals surface area (Å²) in [6, 6.07) is 13.9. The predicted octanol–water partition coefficient (Wildman–Crippen LogP) is 3.88. The number of nitrogens with zero attached hydrogens (tertiary/aromatic N) is 3. The number of pyridine rings is 2. The maximum atomic E-state index is 6.34. The number of rotatable bonds is 7. The lowest BCUT2D eigenvalue weighted by molar-refractivity contribution is 0.174. The third-order valence-corrected chi connectivity index (χ3v) is 6.15. The van der Waals surface area contributed by atoms with E-state index in [1.54, 1.807) is 12.5 Å². The zero-order valence-electron chi connectivity index (χ0n) is 19.2. The van der Waals surface area contributed by atoms with Gasteiger partial charge in [-0.1, -0.05) is 30.3 Å². The van der Waals surface area contributed by atoms with Gasteiger partial charge in [-0.2, -0.15) is 5.10 Å². The third kappa shape index (κ3) is 4.32. The lowest BCUT2D eigenvalue weighted by Crippen LogP contribution is -2.30. The molecule has 5 rings (SSSR count). The second kappa shape index (κ2) is 9.15. The van der Waals surface area contributed by atoms with Gasteiger partial charge in [0.05, 0.1) is 41.0 Å². The fourth-order valence-electron chi connectivity index (χ4n) is 4.28. The van der Waals surface area contributed by atoms with Gasteiger partial charge in [-0.05, 0) is 44.0 Å². The molecule has 0 radical (unpaired) electrons. The summed E-state index contributed by atoms with van der Waals surface area (Å²) in [6.45, 7) is 4.29. The number of nitrogens with two attached hydrogens (primary N) is 2. The minimum Gasteiger partial charge on any atom is -0.498 e. The monoisotopic (exact) mass is 456 g/mol. The number of aryl methyl sites for hydroxylation is 1. The maximum absolute atomic E-state index is 6.34. The van der Waals surface area contributed by atoms with Gasteiger partial charge in [-0.15, -0.1) is 0 Å². The van der Waals surface area contributed by atoms with Gasteiger partial charge in [0.2, 0.25) is 0 Å². The number of nitrogen functional groups attached to an aromatic ring is 1. The Kier molecular flexibility index (Phi) is 5.90. The van der Waals surface area contributed by atoms with E-state index in [0.29, 0.717) is 24.6 Å². The van der Waals surface area contributed by atoms with Crippen LogP contribution in [0, 0.1) is 6.92 Å². The Morgan fingerprint density at radius 3 is 2.79 bits per heavy atom. The minimum atomic E-state index is -0.181. The number of aromatic nitrogens is 4. The highest BCUT2D eigenvalue weighted by atomic mass is 16.5. The van der Waals surface area contributed by atoms with Gasteiger partial charge >= 0.3 is 0 Å². The van der Waals surface area contributed by atoms with Gasteiger partial charge < -0.3 is 20.9 Å². The first kappa shape index (κ1) is 21.9. The van der Waals surface area contributed by atoms with Crippen LogP contribution in [0.1, 0.15) is 29.8 Å². The summed E-state index contributed by atoms with van der Waals surface area (Å²) in [5.41, 5.74) is 18.0. The largest absolute Gasteiger partial charge is 0.498 e. The Morgan fingerprint density at radius 1 is 1.21 bits per heavy atom. The normalized spacial score (nSPS) is 18.2. The molecule has 1 aliphatic rings. The van der Waals surface area contributed by atoms with Crippen LogP contribution in [-0.4, -0.2) is 38.9 Å². The summed E-state index contributed by atoms with van der Waals surface area (Å²) < 4.78 is 11.7. The first-order valence-electron chi connectivity index (χ1n) is 11.4. The lowest BCUT2D eigenvalue weighted by Gasteiger charge is -2.20. The molecular weight excluding hydrogens is 428 g/mol. The molecule has 0 saturated heterocycles. The van der Waals surface area contributed by atoms with Gasteiger partial charge in [-0.25, -0.2) is 4.98 Å². The van der Waals surface area contributed by atoms with E-state index in [9.17, 15) is 0 Å². The fraction of sp³-hybridized carbons (Fsp3) is 0.269. The van der Waals surface area contributed by atoms with E-state index in [1.807, 2.05) is 50.3 Å². The molecule has 4 aromatic rings. The highest BCUT2D eigenvalue weighted by Crippen LogP contribution is 2.38. The second-order valence-corrected chi connectivity index (χ2v) is 8.69. The molecule has 174 valence electrons. The molecule has 8 nitrogen and oxygen atoms in total. The Bertz CT molecular complexity index is 1330. The van der Waals surface area contributed by atoms with Crippen LogP contribution in [0.4, 0.5) is 5.82 Å². The van der Waals surface area contributed by atoms with Crippen molar-refractivity contribution in [1.29, 1.82) is 0 Å². The number of ether oxygens (including phenoxy) is 2. The second-order valence-electron chi connectivity index (χ2n) is 8.69. The van der Waals surface area contributed by atoms with Crippen molar-refractivity contribution in [2.24, 2.45) is 5.73 Å². The smallest absolute Gasteiger partial charge is 0.166 e. The van der Waals surface area contributed by atoms with Crippen LogP contribution in [0.5, 0.6) is 5.75 Å². The van der Waals surface area contributed by atoms with Gasteiger partial charge in [-0.3, -0.25) is 10.1 Å². The molecule has 2 unspecified atom stereocenters. The molecule has 1 aromatic carbocycles. The first-order chi connectivity index (χ1) is 16.5. The van der Waals surface area contributed by atoms with Crippen molar-refractivity contribution in [2.45, 2.75) is 38.3 Å². The number of hydrogen-bond donors (Lipinski definition) is 3. The van der Waals surface area contributed by atoms with Crippen molar-refractivity contribution in [3.05, 3.63) is 78.0 Å². The maximum Gasteiger partial charge on any atom is 0.166 e. The van der Waals surface area contributed by atoms with Gasteiger partial charge in [0.25, 0.3) is 0 Å². The van der Waals surface area contributed by atoms with E-state index in [4.69, 9.17) is 25.9 Å². The highest BCUT2D eigenvalue weighted by Gasteiger charge is 2.28. The molecule has 34 heavy (non-hydrogen) atoms. The topological polar surface area (TPSA) is 125 Å². The summed E-state index contributed by atoms with van der Waals surface area (Å²) in [5.74, 6) is 0.761. The molecule has 0 fully saturated rings. The van der Waals surface area contributed by atoms with Crippen LogP contribution < -0.4 is 16.2 Å². The number of anilines is 1. The van der Waals surface area contributed by atoms with Crippen LogP contribution in [-0.2, 0) is 11.2 Å². The Hall–Kier alpha value is -3.91. The van der Waals surface area contributed by atoms with E-state index in [0.717, 1.165) is 39.1 Å². The van der Waals surface area contributed by atoms with Crippen LogP contribution >= 0.6 is 0 Å². The predicted molar refractivity (Wildman–Crippen MR) is 132 cm³/mol. The summed E-state index contributed by atoms with van der Waals surface area (Å²) in [4.78, 5) is 9.42.